The quantitative estimate of drug-likeness (QED) is 0.478. The summed E-state index contributed by atoms with van der Waals surface area (Å²) in [5.74, 6) is 0.456. The Hall–Kier alpha value is -1.76. The lowest BCUT2D eigenvalue weighted by Crippen LogP contribution is -2.31. The van der Waals surface area contributed by atoms with Crippen LogP contribution in [0.4, 0.5) is 5.69 Å². The van der Waals surface area contributed by atoms with Gasteiger partial charge in [-0.1, -0.05) is 28.1 Å². The molecule has 3 rings (SSSR count). The van der Waals surface area contributed by atoms with Gasteiger partial charge >= 0.3 is 0 Å². The topological polar surface area (TPSA) is 72.6 Å². The molecule has 0 spiro atoms. The maximum absolute atomic E-state index is 10.6. The van der Waals surface area contributed by atoms with Gasteiger partial charge in [-0.3, -0.25) is 10.1 Å². The minimum atomic E-state index is -1.05. The number of nitro benzene ring substituents is 1. The molecule has 23 heavy (non-hydrogen) atoms. The summed E-state index contributed by atoms with van der Waals surface area (Å²) >= 11 is 3.42. The van der Waals surface area contributed by atoms with Crippen molar-refractivity contribution in [1.82, 2.24) is 0 Å². The first kappa shape index (κ1) is 16.1. The van der Waals surface area contributed by atoms with Gasteiger partial charge < -0.3 is 9.84 Å². The van der Waals surface area contributed by atoms with Crippen LogP contribution in [0.1, 0.15) is 36.2 Å². The van der Waals surface area contributed by atoms with Gasteiger partial charge in [-0.25, -0.2) is 0 Å². The second-order valence-electron chi connectivity index (χ2n) is 5.68. The van der Waals surface area contributed by atoms with Crippen molar-refractivity contribution in [2.24, 2.45) is 0 Å². The number of benzene rings is 2. The molecule has 0 aliphatic heterocycles. The lowest BCUT2D eigenvalue weighted by Gasteiger charge is -2.36. The number of hydrogen-bond donors (Lipinski definition) is 1. The van der Waals surface area contributed by atoms with Crippen LogP contribution in [0, 0.1) is 10.1 Å². The fraction of sp³-hybridized carbons (Fsp3) is 0.294. The summed E-state index contributed by atoms with van der Waals surface area (Å²) in [7, 11) is 0. The van der Waals surface area contributed by atoms with Crippen molar-refractivity contribution in [2.45, 2.75) is 31.2 Å². The summed E-state index contributed by atoms with van der Waals surface area (Å²) in [5.41, 5.74) is 1.81. The largest absolute Gasteiger partial charge is 0.364 e. The van der Waals surface area contributed by atoms with E-state index < -0.39 is 11.2 Å². The van der Waals surface area contributed by atoms with E-state index in [0.717, 1.165) is 17.3 Å². The predicted octanol–water partition coefficient (Wildman–Crippen LogP) is 4.31. The molecule has 5 nitrogen and oxygen atoms in total. The molecular weight excluding hydrogens is 362 g/mol. The van der Waals surface area contributed by atoms with Crippen molar-refractivity contribution < 1.29 is 14.8 Å². The molecule has 0 amide bonds. The van der Waals surface area contributed by atoms with Gasteiger partial charge in [0.15, 0.2) is 6.29 Å². The number of ether oxygens (including phenoxy) is 1. The van der Waals surface area contributed by atoms with Crippen molar-refractivity contribution in [1.29, 1.82) is 0 Å². The maximum Gasteiger partial charge on any atom is 0.269 e. The third-order valence-corrected chi connectivity index (χ3v) is 4.68. The average Bonchev–Trinajstić information content (AvgIpc) is 2.51. The van der Waals surface area contributed by atoms with E-state index in [9.17, 15) is 15.2 Å². The first-order valence-corrected chi connectivity index (χ1v) is 8.15. The first-order valence-electron chi connectivity index (χ1n) is 7.36. The van der Waals surface area contributed by atoms with Crippen molar-refractivity contribution in [3.63, 3.8) is 0 Å². The fourth-order valence-corrected chi connectivity index (χ4v) is 2.97. The zero-order valence-corrected chi connectivity index (χ0v) is 13.8. The van der Waals surface area contributed by atoms with Crippen LogP contribution in [-0.4, -0.2) is 16.1 Å². The maximum atomic E-state index is 10.6. The van der Waals surface area contributed by atoms with E-state index in [4.69, 9.17) is 4.74 Å². The summed E-state index contributed by atoms with van der Waals surface area (Å²) in [4.78, 5) is 10.1. The third kappa shape index (κ3) is 3.77. The van der Waals surface area contributed by atoms with Gasteiger partial charge in [-0.15, -0.1) is 0 Å². The standard InChI is InChI=1S/C17H16BrNO4/c18-14-5-1-11(2-6-14)13-9-16(10-13)23-17(20)12-3-7-15(8-4-12)19(21)22/h1-8,13,16-17,20H,9-10H2. The smallest absolute Gasteiger partial charge is 0.269 e. The molecule has 1 unspecified atom stereocenters. The van der Waals surface area contributed by atoms with E-state index in [-0.39, 0.29) is 11.8 Å². The lowest BCUT2D eigenvalue weighted by atomic mass is 9.77. The molecule has 1 atom stereocenters. The number of aliphatic hydroxyl groups is 1. The second-order valence-corrected chi connectivity index (χ2v) is 6.59. The van der Waals surface area contributed by atoms with Crippen LogP contribution in [0.2, 0.25) is 0 Å². The summed E-state index contributed by atoms with van der Waals surface area (Å²) in [5, 5.41) is 20.7. The molecule has 0 saturated heterocycles. The number of halogens is 1. The van der Waals surface area contributed by atoms with Crippen LogP contribution < -0.4 is 0 Å². The van der Waals surface area contributed by atoms with E-state index in [0.29, 0.717) is 11.5 Å². The molecule has 6 heteroatoms. The Bertz CT molecular complexity index is 681. The highest BCUT2D eigenvalue weighted by Crippen LogP contribution is 2.40. The van der Waals surface area contributed by atoms with E-state index in [1.807, 2.05) is 12.1 Å². The van der Waals surface area contributed by atoms with E-state index in [1.54, 1.807) is 0 Å². The van der Waals surface area contributed by atoms with Crippen molar-refractivity contribution in [3.05, 3.63) is 74.2 Å². The van der Waals surface area contributed by atoms with Crippen LogP contribution >= 0.6 is 15.9 Å². The van der Waals surface area contributed by atoms with Crippen LogP contribution in [-0.2, 0) is 4.74 Å². The van der Waals surface area contributed by atoms with Crippen LogP contribution in [0.3, 0.4) is 0 Å². The zero-order chi connectivity index (χ0) is 16.4. The lowest BCUT2D eigenvalue weighted by molar-refractivity contribution is -0.384. The second kappa shape index (κ2) is 6.78. The number of nitro groups is 1. The van der Waals surface area contributed by atoms with Crippen LogP contribution in [0.5, 0.6) is 0 Å². The monoisotopic (exact) mass is 377 g/mol. The zero-order valence-electron chi connectivity index (χ0n) is 12.3. The minimum Gasteiger partial charge on any atom is -0.364 e. The number of rotatable bonds is 5. The summed E-state index contributed by atoms with van der Waals surface area (Å²) in [6, 6.07) is 14.0. The molecule has 2 aromatic rings. The van der Waals surface area contributed by atoms with Crippen LogP contribution in [0.15, 0.2) is 53.0 Å². The van der Waals surface area contributed by atoms with Crippen LogP contribution in [0.25, 0.3) is 0 Å². The van der Waals surface area contributed by atoms with Gasteiger partial charge in [0.2, 0.25) is 0 Å². The fourth-order valence-electron chi connectivity index (χ4n) is 2.71. The molecule has 0 bridgehead atoms. The Labute approximate surface area is 142 Å². The number of aliphatic hydroxyl groups excluding tert-OH is 1. The van der Waals surface area contributed by atoms with Gasteiger partial charge in [0.25, 0.3) is 5.69 Å². The molecule has 1 fully saturated rings. The SMILES string of the molecule is O=[N+]([O-])c1ccc(C(O)OC2CC(c3ccc(Br)cc3)C2)cc1. The summed E-state index contributed by atoms with van der Waals surface area (Å²) in [6.45, 7) is 0. The van der Waals surface area contributed by atoms with Gasteiger partial charge in [0.1, 0.15) is 0 Å². The first-order chi connectivity index (χ1) is 11.0. The van der Waals surface area contributed by atoms with Crippen molar-refractivity contribution >= 4 is 21.6 Å². The number of non-ortho nitro benzene ring substituents is 1. The van der Waals surface area contributed by atoms with E-state index >= 15 is 0 Å². The molecule has 2 aromatic carbocycles. The minimum absolute atomic E-state index is 0.0000958. The molecule has 1 saturated carbocycles. The molecule has 1 aliphatic carbocycles. The normalized spacial score (nSPS) is 21.5. The Morgan fingerprint density at radius 3 is 2.30 bits per heavy atom. The molecule has 1 aliphatic rings. The summed E-state index contributed by atoms with van der Waals surface area (Å²) < 4.78 is 6.68. The van der Waals surface area contributed by atoms with Gasteiger partial charge in [-0.2, -0.15) is 0 Å². The van der Waals surface area contributed by atoms with Gasteiger partial charge in [0, 0.05) is 22.2 Å². The van der Waals surface area contributed by atoms with E-state index in [1.165, 1.54) is 29.8 Å². The average molecular weight is 378 g/mol. The van der Waals surface area contributed by atoms with Gasteiger partial charge in [-0.05, 0) is 48.6 Å². The highest BCUT2D eigenvalue weighted by atomic mass is 79.9. The highest BCUT2D eigenvalue weighted by Gasteiger charge is 2.32. The molecule has 0 radical (unpaired) electrons. The molecule has 0 aromatic heterocycles. The Morgan fingerprint density at radius 1 is 1.13 bits per heavy atom. The summed E-state index contributed by atoms with van der Waals surface area (Å²) in [6.07, 6.45) is 0.692. The highest BCUT2D eigenvalue weighted by molar-refractivity contribution is 9.10. The third-order valence-electron chi connectivity index (χ3n) is 4.15. The predicted molar refractivity (Wildman–Crippen MR) is 89.0 cm³/mol. The van der Waals surface area contributed by atoms with E-state index in [2.05, 4.69) is 28.1 Å². The Balaban J connectivity index is 1.53. The number of nitrogens with zero attached hydrogens (tertiary/aromatic N) is 1. The number of hydrogen-bond acceptors (Lipinski definition) is 4. The molecule has 120 valence electrons. The van der Waals surface area contributed by atoms with Crippen molar-refractivity contribution in [3.8, 4) is 0 Å². The Kier molecular flexibility index (Phi) is 4.75. The molecule has 1 N–H and O–H groups in total. The van der Waals surface area contributed by atoms with Crippen molar-refractivity contribution in [2.75, 3.05) is 0 Å². The molecule has 0 heterocycles. The molecular formula is C17H16BrNO4. The van der Waals surface area contributed by atoms with Gasteiger partial charge in [0.05, 0.1) is 11.0 Å². The Morgan fingerprint density at radius 2 is 1.74 bits per heavy atom.